The fraction of sp³-hybridized carbons (Fsp3) is 0.600. The number of amides is 2. The van der Waals surface area contributed by atoms with Crippen LogP contribution in [0.25, 0.3) is 0 Å². The molecule has 2 amide bonds. The molecule has 3 rings (SSSR count). The highest BCUT2D eigenvalue weighted by Gasteiger charge is 2.23. The second-order valence-electron chi connectivity index (χ2n) is 7.36. The van der Waals surface area contributed by atoms with Gasteiger partial charge in [-0.2, -0.15) is 0 Å². The molecular formula is C20H29ClN4O2. The van der Waals surface area contributed by atoms with E-state index in [0.29, 0.717) is 24.7 Å². The summed E-state index contributed by atoms with van der Waals surface area (Å²) >= 11 is 6.11. The van der Waals surface area contributed by atoms with E-state index in [1.54, 1.807) is 0 Å². The fourth-order valence-corrected chi connectivity index (χ4v) is 3.84. The van der Waals surface area contributed by atoms with Gasteiger partial charge >= 0.3 is 0 Å². The molecule has 0 atom stereocenters. The maximum atomic E-state index is 12.4. The quantitative estimate of drug-likeness (QED) is 0.798. The van der Waals surface area contributed by atoms with Gasteiger partial charge in [-0.15, -0.1) is 0 Å². The first-order chi connectivity index (χ1) is 13.1. The van der Waals surface area contributed by atoms with E-state index in [1.807, 2.05) is 29.2 Å². The highest BCUT2D eigenvalue weighted by molar-refractivity contribution is 6.31. The summed E-state index contributed by atoms with van der Waals surface area (Å²) in [7, 11) is 0. The number of piperidine rings is 1. The van der Waals surface area contributed by atoms with Crippen molar-refractivity contribution in [2.75, 3.05) is 52.4 Å². The Hall–Kier alpha value is -1.63. The zero-order valence-corrected chi connectivity index (χ0v) is 16.6. The molecule has 2 fully saturated rings. The molecule has 27 heavy (non-hydrogen) atoms. The summed E-state index contributed by atoms with van der Waals surface area (Å²) in [5, 5.41) is 3.61. The van der Waals surface area contributed by atoms with E-state index in [0.717, 1.165) is 57.7 Å². The molecule has 1 aromatic rings. The Balaban J connectivity index is 1.34. The molecule has 0 aromatic heterocycles. The molecule has 2 saturated heterocycles. The first-order valence-corrected chi connectivity index (χ1v) is 10.2. The Kier molecular flexibility index (Phi) is 7.50. The minimum absolute atomic E-state index is 0.00719. The number of rotatable bonds is 6. The molecule has 6 nitrogen and oxygen atoms in total. The smallest absolute Gasteiger partial charge is 0.236 e. The third-order valence-corrected chi connectivity index (χ3v) is 5.70. The average molecular weight is 393 g/mol. The Morgan fingerprint density at radius 2 is 1.52 bits per heavy atom. The van der Waals surface area contributed by atoms with Crippen LogP contribution in [0.5, 0.6) is 0 Å². The molecular weight excluding hydrogens is 364 g/mol. The van der Waals surface area contributed by atoms with Gasteiger partial charge in [0.25, 0.3) is 0 Å². The minimum Gasteiger partial charge on any atom is -0.351 e. The third-order valence-electron chi connectivity index (χ3n) is 5.33. The number of nitrogens with zero attached hydrogens (tertiary/aromatic N) is 3. The van der Waals surface area contributed by atoms with Crippen LogP contribution in [0.1, 0.15) is 24.8 Å². The zero-order valence-electron chi connectivity index (χ0n) is 15.8. The number of nitrogens with one attached hydrogen (secondary N) is 1. The van der Waals surface area contributed by atoms with E-state index >= 15 is 0 Å². The van der Waals surface area contributed by atoms with E-state index in [-0.39, 0.29) is 11.8 Å². The number of piperazine rings is 1. The summed E-state index contributed by atoms with van der Waals surface area (Å²) < 4.78 is 0. The predicted molar refractivity (Wildman–Crippen MR) is 107 cm³/mol. The molecule has 1 N–H and O–H groups in total. The van der Waals surface area contributed by atoms with Crippen molar-refractivity contribution >= 4 is 23.4 Å². The number of hydrogen-bond acceptors (Lipinski definition) is 4. The van der Waals surface area contributed by atoms with E-state index < -0.39 is 0 Å². The Morgan fingerprint density at radius 3 is 2.19 bits per heavy atom. The van der Waals surface area contributed by atoms with Crippen LogP contribution in [0.2, 0.25) is 5.02 Å². The molecule has 0 aliphatic carbocycles. The SMILES string of the molecule is O=C(CN1CCN(CC(=O)N2CCCCC2)CC1)NCc1ccccc1Cl. The van der Waals surface area contributed by atoms with Gasteiger partial charge < -0.3 is 10.2 Å². The van der Waals surface area contributed by atoms with Gasteiger partial charge in [-0.1, -0.05) is 29.8 Å². The monoisotopic (exact) mass is 392 g/mol. The summed E-state index contributed by atoms with van der Waals surface area (Å²) in [5.41, 5.74) is 0.925. The lowest BCUT2D eigenvalue weighted by molar-refractivity contribution is -0.134. The van der Waals surface area contributed by atoms with Gasteiger partial charge in [0.05, 0.1) is 13.1 Å². The number of likely N-dealkylation sites (tertiary alicyclic amines) is 1. The van der Waals surface area contributed by atoms with Crippen LogP contribution in [-0.2, 0) is 16.1 Å². The maximum absolute atomic E-state index is 12.4. The van der Waals surface area contributed by atoms with E-state index in [2.05, 4.69) is 15.1 Å². The highest BCUT2D eigenvalue weighted by Crippen LogP contribution is 2.14. The number of halogens is 1. The van der Waals surface area contributed by atoms with Gasteiger partial charge in [0.15, 0.2) is 0 Å². The van der Waals surface area contributed by atoms with Crippen molar-refractivity contribution in [1.82, 2.24) is 20.0 Å². The lowest BCUT2D eigenvalue weighted by Gasteiger charge is -2.35. The van der Waals surface area contributed by atoms with Crippen LogP contribution < -0.4 is 5.32 Å². The molecule has 0 spiro atoms. The van der Waals surface area contributed by atoms with Crippen molar-refractivity contribution in [3.05, 3.63) is 34.9 Å². The van der Waals surface area contributed by atoms with E-state index in [9.17, 15) is 9.59 Å². The van der Waals surface area contributed by atoms with Crippen LogP contribution in [0.3, 0.4) is 0 Å². The molecule has 0 saturated carbocycles. The summed E-state index contributed by atoms with van der Waals surface area (Å²) in [6, 6.07) is 7.54. The molecule has 1 aromatic carbocycles. The van der Waals surface area contributed by atoms with Crippen LogP contribution in [0.4, 0.5) is 0 Å². The molecule has 2 aliphatic rings. The lowest BCUT2D eigenvalue weighted by Crippen LogP contribution is -2.52. The van der Waals surface area contributed by atoms with Crippen molar-refractivity contribution in [2.45, 2.75) is 25.8 Å². The Morgan fingerprint density at radius 1 is 0.889 bits per heavy atom. The average Bonchev–Trinajstić information content (AvgIpc) is 2.69. The first kappa shape index (κ1) is 20.1. The van der Waals surface area contributed by atoms with Gasteiger partial charge in [0.1, 0.15) is 0 Å². The first-order valence-electron chi connectivity index (χ1n) is 9.84. The number of benzene rings is 1. The Bertz CT molecular complexity index is 641. The lowest BCUT2D eigenvalue weighted by atomic mass is 10.1. The number of carbonyl (C=O) groups is 2. The number of hydrogen-bond donors (Lipinski definition) is 1. The maximum Gasteiger partial charge on any atom is 0.236 e. The fourth-order valence-electron chi connectivity index (χ4n) is 3.63. The van der Waals surface area contributed by atoms with E-state index in [1.165, 1.54) is 6.42 Å². The van der Waals surface area contributed by atoms with Crippen molar-refractivity contribution in [3.8, 4) is 0 Å². The van der Waals surface area contributed by atoms with Gasteiger partial charge in [0.2, 0.25) is 11.8 Å². The van der Waals surface area contributed by atoms with Crippen molar-refractivity contribution < 1.29 is 9.59 Å². The summed E-state index contributed by atoms with van der Waals surface area (Å²) in [6.07, 6.45) is 3.49. The molecule has 7 heteroatoms. The van der Waals surface area contributed by atoms with Crippen molar-refractivity contribution in [1.29, 1.82) is 0 Å². The van der Waals surface area contributed by atoms with Crippen LogP contribution in [0, 0.1) is 0 Å². The minimum atomic E-state index is 0.00719. The molecule has 148 valence electrons. The van der Waals surface area contributed by atoms with Crippen molar-refractivity contribution in [3.63, 3.8) is 0 Å². The summed E-state index contributed by atoms with van der Waals surface area (Å²) in [4.78, 5) is 30.9. The van der Waals surface area contributed by atoms with E-state index in [4.69, 9.17) is 11.6 Å². The second-order valence-corrected chi connectivity index (χ2v) is 7.77. The number of carbonyl (C=O) groups excluding carboxylic acids is 2. The van der Waals surface area contributed by atoms with Gasteiger partial charge in [0, 0.05) is 50.8 Å². The second kappa shape index (κ2) is 10.1. The van der Waals surface area contributed by atoms with Crippen LogP contribution in [0.15, 0.2) is 24.3 Å². The van der Waals surface area contributed by atoms with Crippen LogP contribution >= 0.6 is 11.6 Å². The molecule has 0 unspecified atom stereocenters. The highest BCUT2D eigenvalue weighted by atomic mass is 35.5. The third kappa shape index (κ3) is 6.19. The summed E-state index contributed by atoms with van der Waals surface area (Å²) in [6.45, 7) is 6.44. The standard InChI is InChI=1S/C20H29ClN4O2/c21-18-7-3-2-6-17(18)14-22-19(26)15-23-10-12-24(13-11-23)16-20(27)25-8-4-1-5-9-25/h2-3,6-7H,1,4-5,8-16H2,(H,22,26). The summed E-state index contributed by atoms with van der Waals surface area (Å²) in [5.74, 6) is 0.258. The van der Waals surface area contributed by atoms with Gasteiger partial charge in [-0.05, 0) is 30.9 Å². The van der Waals surface area contributed by atoms with Gasteiger partial charge in [-0.3, -0.25) is 19.4 Å². The van der Waals surface area contributed by atoms with Gasteiger partial charge in [-0.25, -0.2) is 0 Å². The van der Waals surface area contributed by atoms with Crippen molar-refractivity contribution in [2.24, 2.45) is 0 Å². The molecule has 2 heterocycles. The molecule has 0 radical (unpaired) electrons. The zero-order chi connectivity index (χ0) is 19.1. The predicted octanol–water partition coefficient (Wildman–Crippen LogP) is 1.59. The van der Waals surface area contributed by atoms with Crippen LogP contribution in [-0.4, -0.2) is 78.9 Å². The topological polar surface area (TPSA) is 55.9 Å². The molecule has 2 aliphatic heterocycles. The Labute approximate surface area is 166 Å². The normalized spacial score (nSPS) is 19.1. The molecule has 0 bridgehead atoms. The largest absolute Gasteiger partial charge is 0.351 e.